The number of halogens is 3. The van der Waals surface area contributed by atoms with Crippen LogP contribution in [0.15, 0.2) is 30.3 Å². The summed E-state index contributed by atoms with van der Waals surface area (Å²) in [7, 11) is 0. The quantitative estimate of drug-likeness (QED) is 0.750. The van der Waals surface area contributed by atoms with E-state index in [-0.39, 0.29) is 16.7 Å². The largest absolute Gasteiger partial charge is 0.288 e. The molecule has 0 saturated heterocycles. The predicted octanol–water partition coefficient (Wildman–Crippen LogP) is 3.95. The van der Waals surface area contributed by atoms with E-state index in [1.54, 1.807) is 13.0 Å². The Hall–Kier alpha value is -2.10. The molecule has 0 N–H and O–H groups in total. The van der Waals surface area contributed by atoms with Crippen molar-refractivity contribution in [1.29, 1.82) is 0 Å². The maximum absolute atomic E-state index is 13.7. The molecule has 0 fully saturated rings. The molecule has 0 aliphatic rings. The zero-order valence-electron chi connectivity index (χ0n) is 10.4. The van der Waals surface area contributed by atoms with Crippen molar-refractivity contribution in [2.24, 2.45) is 0 Å². The molecule has 2 aromatic carbocycles. The third-order valence-electron chi connectivity index (χ3n) is 2.86. The van der Waals surface area contributed by atoms with E-state index >= 15 is 0 Å². The van der Waals surface area contributed by atoms with Crippen molar-refractivity contribution < 1.29 is 18.0 Å². The molecule has 19 heavy (non-hydrogen) atoms. The average molecular weight is 264 g/mol. The number of carbonyl (C=O) groups excluding carboxylic acids is 1. The highest BCUT2D eigenvalue weighted by molar-refractivity contribution is 6.09. The van der Waals surface area contributed by atoms with E-state index in [2.05, 4.69) is 0 Å². The van der Waals surface area contributed by atoms with Gasteiger partial charge in [-0.25, -0.2) is 13.2 Å². The second kappa shape index (κ2) is 4.88. The van der Waals surface area contributed by atoms with Crippen molar-refractivity contribution in [3.05, 3.63) is 70.0 Å². The van der Waals surface area contributed by atoms with Gasteiger partial charge in [0.05, 0.1) is 11.1 Å². The Kier molecular flexibility index (Phi) is 3.42. The molecule has 0 heterocycles. The second-order valence-electron chi connectivity index (χ2n) is 4.39. The van der Waals surface area contributed by atoms with Gasteiger partial charge in [-0.05, 0) is 43.2 Å². The number of benzene rings is 2. The van der Waals surface area contributed by atoms with Gasteiger partial charge in [-0.1, -0.05) is 6.07 Å². The molecule has 1 nitrogen and oxygen atoms in total. The number of carbonyl (C=O) groups is 1. The van der Waals surface area contributed by atoms with Crippen LogP contribution in [-0.2, 0) is 0 Å². The van der Waals surface area contributed by atoms with Crippen LogP contribution in [0.25, 0.3) is 0 Å². The summed E-state index contributed by atoms with van der Waals surface area (Å²) in [5.74, 6) is -3.24. The molecule has 2 rings (SSSR count). The summed E-state index contributed by atoms with van der Waals surface area (Å²) in [6.07, 6.45) is 0. The standard InChI is InChI=1S/C15H11F3O/c1-8-3-4-10(13(17)5-8)15(19)11-6-9(2)12(16)7-14(11)18/h3-7H,1-2H3. The maximum atomic E-state index is 13.7. The molecular weight excluding hydrogens is 253 g/mol. The fraction of sp³-hybridized carbons (Fsp3) is 0.133. The molecule has 0 aliphatic carbocycles. The van der Waals surface area contributed by atoms with Gasteiger partial charge in [0, 0.05) is 6.07 Å². The Labute approximate surface area is 108 Å². The first-order valence-corrected chi connectivity index (χ1v) is 5.66. The van der Waals surface area contributed by atoms with Crippen LogP contribution in [0.3, 0.4) is 0 Å². The highest BCUT2D eigenvalue weighted by Crippen LogP contribution is 2.20. The van der Waals surface area contributed by atoms with Crippen molar-refractivity contribution in [1.82, 2.24) is 0 Å². The topological polar surface area (TPSA) is 17.1 Å². The second-order valence-corrected chi connectivity index (χ2v) is 4.39. The Bertz CT molecular complexity index is 663. The molecule has 4 heteroatoms. The molecule has 2 aromatic rings. The van der Waals surface area contributed by atoms with Gasteiger partial charge in [0.15, 0.2) is 5.78 Å². The Morgan fingerprint density at radius 1 is 0.842 bits per heavy atom. The van der Waals surface area contributed by atoms with Crippen molar-refractivity contribution >= 4 is 5.78 Å². The highest BCUT2D eigenvalue weighted by Gasteiger charge is 2.19. The zero-order valence-corrected chi connectivity index (χ0v) is 10.4. The fourth-order valence-electron chi connectivity index (χ4n) is 1.78. The van der Waals surface area contributed by atoms with E-state index in [0.29, 0.717) is 11.6 Å². The van der Waals surface area contributed by atoms with Crippen molar-refractivity contribution in [2.45, 2.75) is 13.8 Å². The third-order valence-corrected chi connectivity index (χ3v) is 2.86. The number of aryl methyl sites for hydroxylation is 2. The van der Waals surface area contributed by atoms with Gasteiger partial charge >= 0.3 is 0 Å². The first-order chi connectivity index (χ1) is 8.90. The van der Waals surface area contributed by atoms with Crippen LogP contribution >= 0.6 is 0 Å². The van der Waals surface area contributed by atoms with Crippen molar-refractivity contribution in [2.75, 3.05) is 0 Å². The lowest BCUT2D eigenvalue weighted by molar-refractivity contribution is 0.103. The maximum Gasteiger partial charge on any atom is 0.198 e. The smallest absolute Gasteiger partial charge is 0.198 e. The Balaban J connectivity index is 2.53. The molecule has 0 radical (unpaired) electrons. The molecular formula is C15H11F3O. The van der Waals surface area contributed by atoms with Crippen LogP contribution < -0.4 is 0 Å². The van der Waals surface area contributed by atoms with Gasteiger partial charge in [-0.2, -0.15) is 0 Å². The van der Waals surface area contributed by atoms with Gasteiger partial charge in [0.25, 0.3) is 0 Å². The minimum atomic E-state index is -0.993. The van der Waals surface area contributed by atoms with E-state index in [4.69, 9.17) is 0 Å². The number of rotatable bonds is 2. The summed E-state index contributed by atoms with van der Waals surface area (Å²) in [6.45, 7) is 3.09. The van der Waals surface area contributed by atoms with Gasteiger partial charge in [0.2, 0.25) is 0 Å². The zero-order chi connectivity index (χ0) is 14.2. The van der Waals surface area contributed by atoms with Crippen LogP contribution in [0.5, 0.6) is 0 Å². The van der Waals surface area contributed by atoms with Crippen molar-refractivity contribution in [3.8, 4) is 0 Å². The molecule has 0 amide bonds. The highest BCUT2D eigenvalue weighted by atomic mass is 19.1. The van der Waals surface area contributed by atoms with Gasteiger partial charge in [-0.15, -0.1) is 0 Å². The molecule has 0 aromatic heterocycles. The summed E-state index contributed by atoms with van der Waals surface area (Å²) in [5, 5.41) is 0. The van der Waals surface area contributed by atoms with Gasteiger partial charge in [0.1, 0.15) is 17.5 Å². The lowest BCUT2D eigenvalue weighted by Crippen LogP contribution is -2.08. The first kappa shape index (κ1) is 13.3. The number of hydrogen-bond acceptors (Lipinski definition) is 1. The molecule has 0 bridgehead atoms. The molecule has 0 aliphatic heterocycles. The third kappa shape index (κ3) is 2.52. The summed E-state index contributed by atoms with van der Waals surface area (Å²) in [4.78, 5) is 12.1. The monoisotopic (exact) mass is 264 g/mol. The number of hydrogen-bond donors (Lipinski definition) is 0. The average Bonchev–Trinajstić information content (AvgIpc) is 2.33. The normalized spacial score (nSPS) is 10.6. The predicted molar refractivity (Wildman–Crippen MR) is 65.7 cm³/mol. The van der Waals surface area contributed by atoms with E-state index in [0.717, 1.165) is 6.07 Å². The molecule has 0 spiro atoms. The van der Waals surface area contributed by atoms with Gasteiger partial charge < -0.3 is 0 Å². The Morgan fingerprint density at radius 3 is 2.11 bits per heavy atom. The SMILES string of the molecule is Cc1ccc(C(=O)c2cc(C)c(F)cc2F)c(F)c1. The summed E-state index contributed by atoms with van der Waals surface area (Å²) < 4.78 is 40.4. The van der Waals surface area contributed by atoms with E-state index in [9.17, 15) is 18.0 Å². The molecule has 0 saturated carbocycles. The lowest BCUT2D eigenvalue weighted by Gasteiger charge is -2.06. The molecule has 0 unspecified atom stereocenters. The van der Waals surface area contributed by atoms with E-state index in [1.807, 2.05) is 0 Å². The van der Waals surface area contributed by atoms with E-state index < -0.39 is 23.2 Å². The lowest BCUT2D eigenvalue weighted by atomic mass is 9.99. The van der Waals surface area contributed by atoms with E-state index in [1.165, 1.54) is 19.1 Å². The summed E-state index contributed by atoms with van der Waals surface area (Å²) >= 11 is 0. The number of ketones is 1. The molecule has 0 atom stereocenters. The summed E-state index contributed by atoms with van der Waals surface area (Å²) in [5.41, 5.74) is 0.235. The molecule has 98 valence electrons. The van der Waals surface area contributed by atoms with Crippen LogP contribution in [0.4, 0.5) is 13.2 Å². The summed E-state index contributed by atoms with van der Waals surface area (Å²) in [6, 6.07) is 5.78. The Morgan fingerprint density at radius 2 is 1.47 bits per heavy atom. The van der Waals surface area contributed by atoms with Crippen LogP contribution in [-0.4, -0.2) is 5.78 Å². The minimum absolute atomic E-state index is 0.136. The van der Waals surface area contributed by atoms with Crippen molar-refractivity contribution in [3.63, 3.8) is 0 Å². The first-order valence-electron chi connectivity index (χ1n) is 5.66. The van der Waals surface area contributed by atoms with Crippen LogP contribution in [0.1, 0.15) is 27.0 Å². The van der Waals surface area contributed by atoms with Crippen LogP contribution in [0.2, 0.25) is 0 Å². The fourth-order valence-corrected chi connectivity index (χ4v) is 1.78. The minimum Gasteiger partial charge on any atom is -0.288 e. The van der Waals surface area contributed by atoms with Crippen LogP contribution in [0, 0.1) is 31.3 Å². The van der Waals surface area contributed by atoms with Gasteiger partial charge in [-0.3, -0.25) is 4.79 Å².